The average molecular weight is 678 g/mol. The van der Waals surface area contributed by atoms with E-state index in [2.05, 4.69) is 50.5 Å². The Labute approximate surface area is 224 Å². The molecular weight excluding hydrogens is 658 g/mol. The van der Waals surface area contributed by atoms with Crippen molar-refractivity contribution < 1.29 is 19.4 Å². The van der Waals surface area contributed by atoms with Crippen molar-refractivity contribution in [2.75, 3.05) is 5.32 Å². The molecule has 6 nitrogen and oxygen atoms in total. The minimum Gasteiger partial charge on any atom is -0.487 e. The maximum absolute atomic E-state index is 12.7. The summed E-state index contributed by atoms with van der Waals surface area (Å²) in [7, 11) is 0. The number of aromatic carboxylic acids is 1. The van der Waals surface area contributed by atoms with Crippen LogP contribution < -0.4 is 10.1 Å². The number of aryl methyl sites for hydroxylation is 2. The first-order valence-corrected chi connectivity index (χ1v) is 12.3. The standard InChI is InChI=1S/C26H20I2N2O4/c1-15-3-8-23(16(2)9-15)30-25(31)20(13-29)10-18-11-21(27)24(22(28)12-18)34-14-17-4-6-19(7-5-17)26(32)33/h3-12H,14H2,1-2H3,(H,30,31)(H,32,33)/b20-10-. The van der Waals surface area contributed by atoms with Gasteiger partial charge < -0.3 is 15.2 Å². The van der Waals surface area contributed by atoms with Crippen LogP contribution in [0.4, 0.5) is 5.69 Å². The summed E-state index contributed by atoms with van der Waals surface area (Å²) < 4.78 is 7.61. The van der Waals surface area contributed by atoms with E-state index in [1.165, 1.54) is 12.1 Å². The third kappa shape index (κ3) is 6.57. The third-order valence-electron chi connectivity index (χ3n) is 4.91. The van der Waals surface area contributed by atoms with Crippen molar-refractivity contribution in [1.29, 1.82) is 5.26 Å². The summed E-state index contributed by atoms with van der Waals surface area (Å²) in [6.07, 6.45) is 1.55. The summed E-state index contributed by atoms with van der Waals surface area (Å²) in [6, 6.07) is 17.9. The van der Waals surface area contributed by atoms with Gasteiger partial charge in [0.15, 0.2) is 0 Å². The summed E-state index contributed by atoms with van der Waals surface area (Å²) >= 11 is 4.30. The molecule has 3 aromatic carbocycles. The molecule has 1 amide bonds. The average Bonchev–Trinajstić information content (AvgIpc) is 2.79. The number of anilines is 1. The number of carbonyl (C=O) groups excluding carboxylic acids is 1. The molecule has 0 aliphatic heterocycles. The van der Waals surface area contributed by atoms with Gasteiger partial charge in [0.1, 0.15) is 24.0 Å². The highest BCUT2D eigenvalue weighted by Crippen LogP contribution is 2.30. The second-order valence-corrected chi connectivity index (χ2v) is 9.87. The molecular formula is C26H20I2N2O4. The van der Waals surface area contributed by atoms with Crippen LogP contribution in [0.5, 0.6) is 5.75 Å². The molecule has 0 unspecified atom stereocenters. The van der Waals surface area contributed by atoms with Gasteiger partial charge in [0.05, 0.1) is 12.7 Å². The normalized spacial score (nSPS) is 11.0. The molecule has 0 bridgehead atoms. The Morgan fingerprint density at radius 2 is 1.71 bits per heavy atom. The fourth-order valence-corrected chi connectivity index (χ4v) is 5.29. The van der Waals surface area contributed by atoms with E-state index in [-0.39, 0.29) is 17.7 Å². The van der Waals surface area contributed by atoms with Gasteiger partial charge in [-0.15, -0.1) is 0 Å². The highest BCUT2D eigenvalue weighted by molar-refractivity contribution is 14.1. The first-order chi connectivity index (χ1) is 16.2. The van der Waals surface area contributed by atoms with E-state index in [0.29, 0.717) is 17.0 Å². The molecule has 0 atom stereocenters. The SMILES string of the molecule is Cc1ccc(NC(=O)/C(C#N)=C\c2cc(I)c(OCc3ccc(C(=O)O)cc3)c(I)c2)c(C)c1. The van der Waals surface area contributed by atoms with Crippen LogP contribution in [-0.4, -0.2) is 17.0 Å². The molecule has 0 saturated heterocycles. The number of nitrogens with zero attached hydrogens (tertiary/aromatic N) is 1. The van der Waals surface area contributed by atoms with Crippen LogP contribution in [0.15, 0.2) is 60.2 Å². The molecule has 0 heterocycles. The molecule has 0 aliphatic rings. The van der Waals surface area contributed by atoms with Gasteiger partial charge in [-0.1, -0.05) is 29.8 Å². The number of halogens is 2. The molecule has 2 N–H and O–H groups in total. The monoisotopic (exact) mass is 678 g/mol. The number of rotatable bonds is 7. The number of amides is 1. The Kier molecular flexibility index (Phi) is 8.68. The van der Waals surface area contributed by atoms with Crippen LogP contribution in [-0.2, 0) is 11.4 Å². The zero-order valence-corrected chi connectivity index (χ0v) is 22.7. The summed E-state index contributed by atoms with van der Waals surface area (Å²) in [5.41, 5.74) is 4.46. The fourth-order valence-electron chi connectivity index (χ4n) is 3.16. The summed E-state index contributed by atoms with van der Waals surface area (Å²) in [5, 5.41) is 21.4. The number of carboxylic acid groups (broad SMARTS) is 1. The second-order valence-electron chi connectivity index (χ2n) is 7.55. The van der Waals surface area contributed by atoms with Crippen LogP contribution in [0.2, 0.25) is 0 Å². The summed E-state index contributed by atoms with van der Waals surface area (Å²) in [4.78, 5) is 23.7. The molecule has 0 aliphatic carbocycles. The van der Waals surface area contributed by atoms with Crippen LogP contribution in [0.3, 0.4) is 0 Å². The Hall–Kier alpha value is -2.91. The zero-order chi connectivity index (χ0) is 24.8. The smallest absolute Gasteiger partial charge is 0.335 e. The highest BCUT2D eigenvalue weighted by Gasteiger charge is 2.14. The maximum atomic E-state index is 12.7. The van der Waals surface area contributed by atoms with Crippen molar-refractivity contribution in [1.82, 2.24) is 0 Å². The van der Waals surface area contributed by atoms with Crippen molar-refractivity contribution in [3.63, 3.8) is 0 Å². The quantitative estimate of drug-likeness (QED) is 0.173. The third-order valence-corrected chi connectivity index (χ3v) is 6.51. The lowest BCUT2D eigenvalue weighted by atomic mass is 10.1. The van der Waals surface area contributed by atoms with Gasteiger partial charge in [0, 0.05) is 5.69 Å². The molecule has 0 saturated carbocycles. The molecule has 172 valence electrons. The highest BCUT2D eigenvalue weighted by atomic mass is 127. The molecule has 0 radical (unpaired) electrons. The van der Waals surface area contributed by atoms with E-state index < -0.39 is 11.9 Å². The van der Waals surface area contributed by atoms with Gasteiger partial charge in [-0.2, -0.15) is 5.26 Å². The molecule has 0 fully saturated rings. The number of ether oxygens (including phenoxy) is 1. The number of benzene rings is 3. The number of carbonyl (C=O) groups is 2. The minimum atomic E-state index is -0.973. The van der Waals surface area contributed by atoms with E-state index in [9.17, 15) is 14.9 Å². The van der Waals surface area contributed by atoms with E-state index in [1.54, 1.807) is 18.2 Å². The van der Waals surface area contributed by atoms with Gasteiger partial charge in [0.25, 0.3) is 5.91 Å². The van der Waals surface area contributed by atoms with Crippen molar-refractivity contribution >= 4 is 68.8 Å². The van der Waals surface area contributed by atoms with Gasteiger partial charge in [-0.3, -0.25) is 4.79 Å². The Morgan fingerprint density at radius 1 is 1.06 bits per heavy atom. The lowest BCUT2D eigenvalue weighted by Crippen LogP contribution is -2.14. The van der Waals surface area contributed by atoms with Gasteiger partial charge in [-0.25, -0.2) is 4.79 Å². The van der Waals surface area contributed by atoms with Crippen molar-refractivity contribution in [2.45, 2.75) is 20.5 Å². The second kappa shape index (κ2) is 11.5. The van der Waals surface area contributed by atoms with Gasteiger partial charge in [0.2, 0.25) is 0 Å². The minimum absolute atomic E-state index is 0.00114. The lowest BCUT2D eigenvalue weighted by molar-refractivity contribution is -0.112. The Morgan fingerprint density at radius 3 is 2.26 bits per heavy atom. The number of hydrogen-bond acceptors (Lipinski definition) is 4. The number of hydrogen-bond donors (Lipinski definition) is 2. The summed E-state index contributed by atoms with van der Waals surface area (Å²) in [6.45, 7) is 4.16. The van der Waals surface area contributed by atoms with Crippen molar-refractivity contribution in [3.8, 4) is 11.8 Å². The number of nitrogens with one attached hydrogen (secondary N) is 1. The van der Waals surface area contributed by atoms with Crippen molar-refractivity contribution in [2.24, 2.45) is 0 Å². The van der Waals surface area contributed by atoms with Gasteiger partial charge in [-0.05, 0) is 112 Å². The lowest BCUT2D eigenvalue weighted by Gasteiger charge is -2.12. The van der Waals surface area contributed by atoms with Crippen LogP contribution >= 0.6 is 45.2 Å². The first-order valence-electron chi connectivity index (χ1n) is 10.1. The predicted molar refractivity (Wildman–Crippen MR) is 148 cm³/mol. The number of nitriles is 1. The van der Waals surface area contributed by atoms with Crippen LogP contribution in [0.25, 0.3) is 6.08 Å². The largest absolute Gasteiger partial charge is 0.487 e. The molecule has 34 heavy (non-hydrogen) atoms. The van der Waals surface area contributed by atoms with E-state index in [1.807, 2.05) is 50.2 Å². The zero-order valence-electron chi connectivity index (χ0n) is 18.4. The molecule has 0 spiro atoms. The first kappa shape index (κ1) is 25.7. The molecule has 8 heteroatoms. The maximum Gasteiger partial charge on any atom is 0.335 e. The Balaban J connectivity index is 1.76. The molecule has 0 aromatic heterocycles. The van der Waals surface area contributed by atoms with Crippen LogP contribution in [0.1, 0.15) is 32.6 Å². The topological polar surface area (TPSA) is 99.4 Å². The van der Waals surface area contributed by atoms with Crippen LogP contribution in [0, 0.1) is 32.3 Å². The van der Waals surface area contributed by atoms with E-state index in [4.69, 9.17) is 9.84 Å². The van der Waals surface area contributed by atoms with Crippen molar-refractivity contribution in [3.05, 3.63) is 95.1 Å². The predicted octanol–water partition coefficient (Wildman–Crippen LogP) is 6.34. The van der Waals surface area contributed by atoms with E-state index in [0.717, 1.165) is 23.8 Å². The fraction of sp³-hybridized carbons (Fsp3) is 0.115. The Bertz CT molecular complexity index is 1300. The van der Waals surface area contributed by atoms with E-state index >= 15 is 0 Å². The summed E-state index contributed by atoms with van der Waals surface area (Å²) in [5.74, 6) is -0.761. The van der Waals surface area contributed by atoms with Gasteiger partial charge >= 0.3 is 5.97 Å². The molecule has 3 aromatic rings. The number of carboxylic acids is 1. The molecule has 3 rings (SSSR count).